The number of aliphatic hydroxyl groups is 1. The van der Waals surface area contributed by atoms with E-state index in [9.17, 15) is 23.2 Å². The topological polar surface area (TPSA) is 181 Å². The quantitative estimate of drug-likeness (QED) is 0.187. The van der Waals surface area contributed by atoms with Gasteiger partial charge in [0.05, 0.1) is 0 Å². The number of aliphatic carboxylic acids is 1. The van der Waals surface area contributed by atoms with Gasteiger partial charge in [0, 0.05) is 12.0 Å². The number of phenols is 1. The number of aliphatic hydroxyl groups excluding tert-OH is 1. The summed E-state index contributed by atoms with van der Waals surface area (Å²) in [5.41, 5.74) is 0.400. The Bertz CT molecular complexity index is 924. The summed E-state index contributed by atoms with van der Waals surface area (Å²) in [5, 5.41) is 29.1. The molecule has 6 N–H and O–H groups in total. The van der Waals surface area contributed by atoms with E-state index in [0.29, 0.717) is 5.56 Å². The summed E-state index contributed by atoms with van der Waals surface area (Å²) in [4.78, 5) is 32.3. The van der Waals surface area contributed by atoms with Crippen molar-refractivity contribution in [2.75, 3.05) is 5.32 Å². The third-order valence-electron chi connectivity index (χ3n) is 3.40. The summed E-state index contributed by atoms with van der Waals surface area (Å²) in [6.45, 7) is 1.23. The Kier molecular flexibility index (Phi) is 8.80. The number of carboxylic acids is 1. The summed E-state index contributed by atoms with van der Waals surface area (Å²) < 4.78 is 28.4. The van der Waals surface area contributed by atoms with E-state index in [4.69, 9.17) is 18.4 Å². The van der Waals surface area contributed by atoms with Crippen LogP contribution in [0.5, 0.6) is 5.75 Å². The SMILES string of the molecule is CC(=O)Nc1cccc([As](=O)(O)O)c1O.O=C(CC(O)C(=O)O)c1ccccc1. The molecular weight excluding hydrogens is 449 g/mol. The van der Waals surface area contributed by atoms with Crippen LogP contribution >= 0.6 is 0 Å². The molecule has 1 amide bonds. The fourth-order valence-corrected chi connectivity index (χ4v) is 3.48. The maximum atomic E-state index is 11.3. The zero-order valence-electron chi connectivity index (χ0n) is 15.2. The van der Waals surface area contributed by atoms with E-state index in [0.717, 1.165) is 6.07 Å². The number of carbonyl (C=O) groups is 3. The number of carbonyl (C=O) groups excluding carboxylic acids is 2. The number of hydrogen-bond acceptors (Lipinski definition) is 6. The molecule has 2 rings (SSSR count). The van der Waals surface area contributed by atoms with Gasteiger partial charge in [0.25, 0.3) is 0 Å². The van der Waals surface area contributed by atoms with Crippen molar-refractivity contribution in [1.82, 2.24) is 0 Å². The Morgan fingerprint density at radius 1 is 1.03 bits per heavy atom. The van der Waals surface area contributed by atoms with E-state index in [1.165, 1.54) is 19.1 Å². The Labute approximate surface area is 168 Å². The van der Waals surface area contributed by atoms with Crippen LogP contribution in [-0.4, -0.2) is 61.4 Å². The molecule has 0 radical (unpaired) electrons. The predicted molar refractivity (Wildman–Crippen MR) is 102 cm³/mol. The second kappa shape index (κ2) is 10.6. The maximum Gasteiger partial charge on any atom is 0.332 e. The van der Waals surface area contributed by atoms with Gasteiger partial charge in [-0.05, 0) is 0 Å². The average Bonchev–Trinajstić information content (AvgIpc) is 2.63. The number of carboxylic acid groups (broad SMARTS) is 1. The van der Waals surface area contributed by atoms with Crippen LogP contribution in [0, 0.1) is 0 Å². The van der Waals surface area contributed by atoms with Crippen molar-refractivity contribution in [3.63, 3.8) is 0 Å². The van der Waals surface area contributed by atoms with Crippen LogP contribution in [0.1, 0.15) is 23.7 Å². The van der Waals surface area contributed by atoms with E-state index in [-0.39, 0.29) is 17.9 Å². The summed E-state index contributed by atoms with van der Waals surface area (Å²) in [7, 11) is 0. The molecule has 2 aromatic carbocycles. The molecule has 0 spiro atoms. The van der Waals surface area contributed by atoms with Gasteiger partial charge in [-0.3, -0.25) is 4.79 Å². The number of phenolic OH excluding ortho intramolecular Hbond substituents is 1. The Morgan fingerprint density at radius 3 is 2.10 bits per heavy atom. The molecule has 0 aliphatic heterocycles. The Balaban J connectivity index is 0.000000291. The van der Waals surface area contributed by atoms with Gasteiger partial charge in [-0.1, -0.05) is 30.3 Å². The number of Topliss-reactive ketones (excluding diaryl/α,β-unsaturated/α-hetero) is 1. The maximum absolute atomic E-state index is 11.3. The van der Waals surface area contributed by atoms with E-state index in [1.807, 2.05) is 0 Å². The summed E-state index contributed by atoms with van der Waals surface area (Å²) in [6.07, 6.45) is -2.01. The molecule has 1 atom stereocenters. The van der Waals surface area contributed by atoms with Gasteiger partial charge in [-0.2, -0.15) is 0 Å². The molecule has 0 fully saturated rings. The largest absolute Gasteiger partial charge is 0.479 e. The van der Waals surface area contributed by atoms with Crippen molar-refractivity contribution in [3.8, 4) is 5.75 Å². The number of rotatable bonds is 6. The van der Waals surface area contributed by atoms with Gasteiger partial charge in [0.1, 0.15) is 0 Å². The number of anilines is 1. The van der Waals surface area contributed by atoms with Crippen LogP contribution in [0.15, 0.2) is 48.5 Å². The van der Waals surface area contributed by atoms with Gasteiger partial charge in [0.15, 0.2) is 11.9 Å². The smallest absolute Gasteiger partial charge is 0.332 e. The summed E-state index contributed by atoms with van der Waals surface area (Å²) in [6, 6.07) is 12.1. The first-order valence-electron chi connectivity index (χ1n) is 8.08. The van der Waals surface area contributed by atoms with Crippen LogP contribution in [-0.2, 0) is 13.3 Å². The summed E-state index contributed by atoms with van der Waals surface area (Å²) >= 11 is -5.15. The van der Waals surface area contributed by atoms with E-state index in [1.54, 1.807) is 30.3 Å². The van der Waals surface area contributed by atoms with Crippen LogP contribution in [0.25, 0.3) is 0 Å². The average molecular weight is 469 g/mol. The molecule has 0 aliphatic carbocycles. The van der Waals surface area contributed by atoms with E-state index in [2.05, 4.69) is 5.32 Å². The third kappa shape index (κ3) is 7.92. The normalized spacial score (nSPS) is 11.6. The number of ketones is 1. The molecule has 156 valence electrons. The van der Waals surface area contributed by atoms with Gasteiger partial charge in [-0.25, -0.2) is 4.79 Å². The molecule has 11 heteroatoms. The van der Waals surface area contributed by atoms with Gasteiger partial charge in [-0.15, -0.1) is 0 Å². The number of hydrogen-bond donors (Lipinski definition) is 6. The second-order valence-corrected chi connectivity index (χ2v) is 9.04. The standard InChI is InChI=1S/C10H10O4.C8H10AsNO5/c11-8(6-9(12)10(13)14)7-4-2-1-3-5-7;1-5(11)10-7-4-2-3-6(8(7)12)9(13,14)15/h1-5,9,12H,6H2,(H,13,14);2-4,12H,1H3,(H,10,11)(H2,13,14,15). The molecule has 0 saturated carbocycles. The minimum absolute atomic E-state index is 0.00951. The fourth-order valence-electron chi connectivity index (χ4n) is 2.06. The van der Waals surface area contributed by atoms with Crippen LogP contribution < -0.4 is 9.67 Å². The van der Waals surface area contributed by atoms with Crippen molar-refractivity contribution in [3.05, 3.63) is 54.1 Å². The van der Waals surface area contributed by atoms with Crippen molar-refractivity contribution < 1.29 is 41.6 Å². The van der Waals surface area contributed by atoms with Crippen molar-refractivity contribution in [2.45, 2.75) is 19.4 Å². The zero-order valence-corrected chi connectivity index (χ0v) is 17.1. The Morgan fingerprint density at radius 2 is 1.62 bits per heavy atom. The van der Waals surface area contributed by atoms with Gasteiger partial charge in [0.2, 0.25) is 0 Å². The molecular formula is C18H20AsNO9. The number of amides is 1. The van der Waals surface area contributed by atoms with Crippen molar-refractivity contribution >= 4 is 41.9 Å². The monoisotopic (exact) mass is 469 g/mol. The molecule has 29 heavy (non-hydrogen) atoms. The van der Waals surface area contributed by atoms with E-state index < -0.39 is 42.3 Å². The molecule has 10 nitrogen and oxygen atoms in total. The van der Waals surface area contributed by atoms with Crippen LogP contribution in [0.3, 0.4) is 0 Å². The van der Waals surface area contributed by atoms with Crippen molar-refractivity contribution in [2.24, 2.45) is 0 Å². The molecule has 1 unspecified atom stereocenters. The predicted octanol–water partition coefficient (Wildman–Crippen LogP) is -0.384. The fraction of sp³-hybridized carbons (Fsp3) is 0.167. The molecule has 0 saturated heterocycles. The molecule has 0 aliphatic rings. The van der Waals surface area contributed by atoms with Gasteiger partial charge < -0.3 is 10.2 Å². The number of benzene rings is 2. The summed E-state index contributed by atoms with van der Waals surface area (Å²) in [5.74, 6) is -2.77. The van der Waals surface area contributed by atoms with Crippen LogP contribution in [0.2, 0.25) is 0 Å². The first-order valence-corrected chi connectivity index (χ1v) is 11.5. The molecule has 0 aromatic heterocycles. The minimum atomic E-state index is -5.15. The van der Waals surface area contributed by atoms with Gasteiger partial charge >= 0.3 is 94.1 Å². The molecule has 0 heterocycles. The number of aromatic hydroxyl groups is 1. The van der Waals surface area contributed by atoms with E-state index >= 15 is 0 Å². The minimum Gasteiger partial charge on any atom is -0.479 e. The first-order chi connectivity index (χ1) is 13.4. The first kappa shape index (κ1) is 24.1. The third-order valence-corrected chi connectivity index (χ3v) is 5.47. The number of para-hydroxylation sites is 1. The zero-order chi connectivity index (χ0) is 22.2. The van der Waals surface area contributed by atoms with Crippen molar-refractivity contribution in [1.29, 1.82) is 0 Å². The van der Waals surface area contributed by atoms with Crippen LogP contribution in [0.4, 0.5) is 5.69 Å². The molecule has 0 bridgehead atoms. The Hall–Kier alpha value is -2.91. The molecule has 2 aromatic rings. The second-order valence-electron chi connectivity index (χ2n) is 5.75. The number of nitrogens with one attached hydrogen (secondary N) is 1.